The Bertz CT molecular complexity index is 346. The minimum atomic E-state index is -0.439. The molecule has 1 aromatic heterocycles. The predicted octanol–water partition coefficient (Wildman–Crippen LogP) is 1.93. The van der Waals surface area contributed by atoms with Crippen LogP contribution in [0.2, 0.25) is 0 Å². The Labute approximate surface area is 75.2 Å². The summed E-state index contributed by atoms with van der Waals surface area (Å²) in [5.41, 5.74) is 1.43. The second-order valence-electron chi connectivity index (χ2n) is 2.78. The molecule has 70 valence electrons. The molecule has 0 aliphatic carbocycles. The molecule has 0 aliphatic heterocycles. The fourth-order valence-corrected chi connectivity index (χ4v) is 0.958. The maximum Gasteiger partial charge on any atom is 0.243 e. The molecular weight excluding hydrogens is 172 g/mol. The van der Waals surface area contributed by atoms with Crippen molar-refractivity contribution in [2.24, 2.45) is 0 Å². The van der Waals surface area contributed by atoms with E-state index in [-0.39, 0.29) is 5.70 Å². The van der Waals surface area contributed by atoms with Crippen molar-refractivity contribution in [2.75, 3.05) is 0 Å². The van der Waals surface area contributed by atoms with Gasteiger partial charge in [-0.05, 0) is 13.8 Å². The monoisotopic (exact) mass is 182 g/mol. The van der Waals surface area contributed by atoms with E-state index in [0.717, 1.165) is 0 Å². The van der Waals surface area contributed by atoms with Gasteiger partial charge in [-0.25, -0.2) is 0 Å². The first kappa shape index (κ1) is 9.44. The molecule has 0 spiro atoms. The number of rotatable bonds is 2. The number of hydrogen-bond donors (Lipinski definition) is 0. The van der Waals surface area contributed by atoms with Crippen LogP contribution in [-0.2, 0) is 0 Å². The van der Waals surface area contributed by atoms with E-state index < -0.39 is 4.92 Å². The molecule has 1 aromatic rings. The van der Waals surface area contributed by atoms with Gasteiger partial charge in [-0.15, -0.1) is 0 Å². The zero-order valence-corrected chi connectivity index (χ0v) is 7.70. The molecule has 0 N–H and O–H groups in total. The summed E-state index contributed by atoms with van der Waals surface area (Å²) in [6.07, 6.45) is 1.46. The number of aromatic nitrogens is 1. The number of aryl methyl sites for hydroxylation is 2. The third-order valence-corrected chi connectivity index (χ3v) is 1.73. The average Bonchev–Trinajstić information content (AvgIpc) is 2.35. The molecule has 5 heteroatoms. The summed E-state index contributed by atoms with van der Waals surface area (Å²) in [6, 6.07) is 0. The minimum Gasteiger partial charge on any atom is -0.361 e. The zero-order valence-electron chi connectivity index (χ0n) is 7.70. The standard InChI is InChI=1S/C8H10N2O3/c1-5(10(11)12)4-8-6(2)9-13-7(8)3/h4H,1-3H3/b5-4+. The van der Waals surface area contributed by atoms with E-state index in [9.17, 15) is 10.1 Å². The first-order valence-corrected chi connectivity index (χ1v) is 3.78. The molecule has 0 saturated heterocycles. The van der Waals surface area contributed by atoms with E-state index in [2.05, 4.69) is 5.16 Å². The minimum absolute atomic E-state index is 0.0781. The van der Waals surface area contributed by atoms with Crippen LogP contribution in [0.25, 0.3) is 6.08 Å². The summed E-state index contributed by atoms with van der Waals surface area (Å²) < 4.78 is 4.86. The van der Waals surface area contributed by atoms with Crippen LogP contribution in [0.1, 0.15) is 23.9 Å². The molecule has 0 saturated carbocycles. The smallest absolute Gasteiger partial charge is 0.243 e. The van der Waals surface area contributed by atoms with Crippen molar-refractivity contribution < 1.29 is 9.45 Å². The van der Waals surface area contributed by atoms with Gasteiger partial charge in [0, 0.05) is 18.6 Å². The van der Waals surface area contributed by atoms with E-state index in [1.165, 1.54) is 13.0 Å². The normalized spacial score (nSPS) is 11.8. The molecule has 0 fully saturated rings. The summed E-state index contributed by atoms with van der Waals surface area (Å²) in [6.45, 7) is 4.90. The van der Waals surface area contributed by atoms with Crippen LogP contribution < -0.4 is 0 Å². The Morgan fingerprint density at radius 3 is 2.62 bits per heavy atom. The topological polar surface area (TPSA) is 69.2 Å². The van der Waals surface area contributed by atoms with E-state index >= 15 is 0 Å². The molecule has 0 aliphatic rings. The van der Waals surface area contributed by atoms with Crippen molar-refractivity contribution in [3.8, 4) is 0 Å². The van der Waals surface area contributed by atoms with Gasteiger partial charge in [-0.1, -0.05) is 5.16 Å². The molecule has 0 radical (unpaired) electrons. The number of hydrogen-bond acceptors (Lipinski definition) is 4. The Hall–Kier alpha value is -1.65. The molecule has 13 heavy (non-hydrogen) atoms. The van der Waals surface area contributed by atoms with Gasteiger partial charge in [0.1, 0.15) is 5.76 Å². The fourth-order valence-electron chi connectivity index (χ4n) is 0.958. The quantitative estimate of drug-likeness (QED) is 0.517. The molecule has 0 aromatic carbocycles. The lowest BCUT2D eigenvalue weighted by atomic mass is 10.2. The molecule has 1 heterocycles. The molecule has 0 bridgehead atoms. The largest absolute Gasteiger partial charge is 0.361 e. The summed E-state index contributed by atoms with van der Waals surface area (Å²) in [5, 5.41) is 14.0. The average molecular weight is 182 g/mol. The molecular formula is C8H10N2O3. The van der Waals surface area contributed by atoms with E-state index in [1.54, 1.807) is 13.8 Å². The Morgan fingerprint density at radius 1 is 1.62 bits per heavy atom. The highest BCUT2D eigenvalue weighted by Crippen LogP contribution is 2.16. The van der Waals surface area contributed by atoms with Crippen LogP contribution in [0.4, 0.5) is 0 Å². The second kappa shape index (κ2) is 3.38. The molecule has 0 amide bonds. The van der Waals surface area contributed by atoms with Crippen LogP contribution in [0.3, 0.4) is 0 Å². The summed E-state index contributed by atoms with van der Waals surface area (Å²) in [7, 11) is 0. The van der Waals surface area contributed by atoms with Crippen LogP contribution in [0.5, 0.6) is 0 Å². The molecule has 0 atom stereocenters. The van der Waals surface area contributed by atoms with Crippen LogP contribution in [-0.4, -0.2) is 10.1 Å². The van der Waals surface area contributed by atoms with Gasteiger partial charge in [0.2, 0.25) is 5.70 Å². The van der Waals surface area contributed by atoms with Gasteiger partial charge < -0.3 is 4.52 Å². The number of allylic oxidation sites excluding steroid dienone is 1. The second-order valence-corrected chi connectivity index (χ2v) is 2.78. The molecule has 1 rings (SSSR count). The first-order chi connectivity index (χ1) is 6.02. The van der Waals surface area contributed by atoms with Gasteiger partial charge in [0.25, 0.3) is 0 Å². The van der Waals surface area contributed by atoms with E-state index in [0.29, 0.717) is 17.0 Å². The van der Waals surface area contributed by atoms with Gasteiger partial charge in [-0.3, -0.25) is 10.1 Å². The predicted molar refractivity (Wildman–Crippen MR) is 46.6 cm³/mol. The van der Waals surface area contributed by atoms with Crippen molar-refractivity contribution in [3.05, 3.63) is 32.8 Å². The Morgan fingerprint density at radius 2 is 2.23 bits per heavy atom. The lowest BCUT2D eigenvalue weighted by Crippen LogP contribution is -1.93. The Balaban J connectivity index is 3.10. The lowest BCUT2D eigenvalue weighted by molar-refractivity contribution is -0.422. The SMILES string of the molecule is C/C(=C\c1c(C)noc1C)[N+](=O)[O-]. The van der Waals surface area contributed by atoms with E-state index in [1.807, 2.05) is 0 Å². The van der Waals surface area contributed by atoms with Crippen molar-refractivity contribution >= 4 is 6.08 Å². The first-order valence-electron chi connectivity index (χ1n) is 3.78. The van der Waals surface area contributed by atoms with Crippen molar-refractivity contribution in [1.29, 1.82) is 0 Å². The van der Waals surface area contributed by atoms with Crippen molar-refractivity contribution in [2.45, 2.75) is 20.8 Å². The highest BCUT2D eigenvalue weighted by molar-refractivity contribution is 5.54. The van der Waals surface area contributed by atoms with Gasteiger partial charge >= 0.3 is 0 Å². The van der Waals surface area contributed by atoms with Crippen molar-refractivity contribution in [3.63, 3.8) is 0 Å². The summed E-state index contributed by atoms with van der Waals surface area (Å²) in [5.74, 6) is 0.596. The van der Waals surface area contributed by atoms with E-state index in [4.69, 9.17) is 4.52 Å². The lowest BCUT2D eigenvalue weighted by Gasteiger charge is -1.90. The third-order valence-electron chi connectivity index (χ3n) is 1.73. The van der Waals surface area contributed by atoms with Crippen LogP contribution in [0, 0.1) is 24.0 Å². The fraction of sp³-hybridized carbons (Fsp3) is 0.375. The van der Waals surface area contributed by atoms with Gasteiger partial charge in [0.05, 0.1) is 10.6 Å². The maximum absolute atomic E-state index is 10.3. The zero-order chi connectivity index (χ0) is 10.0. The van der Waals surface area contributed by atoms with Gasteiger partial charge in [0.15, 0.2) is 0 Å². The van der Waals surface area contributed by atoms with Crippen molar-refractivity contribution in [1.82, 2.24) is 5.16 Å². The molecule has 0 unspecified atom stereocenters. The summed E-state index contributed by atoms with van der Waals surface area (Å²) >= 11 is 0. The number of nitro groups is 1. The highest BCUT2D eigenvalue weighted by atomic mass is 16.6. The Kier molecular flexibility index (Phi) is 2.46. The highest BCUT2D eigenvalue weighted by Gasteiger charge is 2.10. The number of nitrogens with zero attached hydrogens (tertiary/aromatic N) is 2. The van der Waals surface area contributed by atoms with Crippen LogP contribution >= 0.6 is 0 Å². The third kappa shape index (κ3) is 1.93. The van der Waals surface area contributed by atoms with Gasteiger partial charge in [-0.2, -0.15) is 0 Å². The van der Waals surface area contributed by atoms with Crippen LogP contribution in [0.15, 0.2) is 10.2 Å². The maximum atomic E-state index is 10.3. The summed E-state index contributed by atoms with van der Waals surface area (Å²) in [4.78, 5) is 9.90. The molecule has 5 nitrogen and oxygen atoms in total.